The summed E-state index contributed by atoms with van der Waals surface area (Å²) in [6.07, 6.45) is 6.01. The number of allylic oxidation sites excluding steroid dienone is 2. The van der Waals surface area contributed by atoms with Crippen LogP contribution >= 0.6 is 0 Å². The van der Waals surface area contributed by atoms with Crippen LogP contribution in [0.15, 0.2) is 48.1 Å². The van der Waals surface area contributed by atoms with Gasteiger partial charge in [0.2, 0.25) is 0 Å². The van der Waals surface area contributed by atoms with Crippen LogP contribution in [0.25, 0.3) is 0 Å². The summed E-state index contributed by atoms with van der Waals surface area (Å²) in [6, 6.07) is 6.00. The first kappa shape index (κ1) is 16.9. The molecule has 0 aliphatic rings. The molecule has 0 fully saturated rings. The van der Waals surface area contributed by atoms with Gasteiger partial charge in [-0.3, -0.25) is 9.79 Å². The molecule has 0 aliphatic carbocycles. The van der Waals surface area contributed by atoms with Crippen LogP contribution in [-0.4, -0.2) is 17.7 Å². The van der Waals surface area contributed by atoms with Crippen molar-refractivity contribution in [1.82, 2.24) is 5.32 Å². The number of carbonyl (C=O) groups is 1. The standard InChI is InChI=1S/C18H24N2O/c1-6-8-11-19-15(5)16-10-9-13(3)12-17(16)18(21)20-14(4)7-2/h6,8-12,14H,1,7H2,2-5H3,(H,20,21)/b11-8-,19-15?/t14-/m0/s1. The predicted octanol–water partition coefficient (Wildman–Crippen LogP) is 4.03. The summed E-state index contributed by atoms with van der Waals surface area (Å²) >= 11 is 0. The van der Waals surface area contributed by atoms with Crippen molar-refractivity contribution < 1.29 is 4.79 Å². The number of hydrogen-bond donors (Lipinski definition) is 1. The van der Waals surface area contributed by atoms with E-state index in [0.717, 1.165) is 23.3 Å². The van der Waals surface area contributed by atoms with Gasteiger partial charge in [0.05, 0.1) is 0 Å². The third-order valence-corrected chi connectivity index (χ3v) is 3.29. The molecule has 0 aliphatic heterocycles. The number of rotatable bonds is 6. The number of nitrogens with one attached hydrogen (secondary N) is 1. The van der Waals surface area contributed by atoms with Crippen molar-refractivity contribution in [1.29, 1.82) is 0 Å². The second kappa shape index (κ2) is 8.20. The first-order valence-corrected chi connectivity index (χ1v) is 7.23. The Labute approximate surface area is 127 Å². The van der Waals surface area contributed by atoms with E-state index in [1.54, 1.807) is 18.4 Å². The molecule has 1 N–H and O–H groups in total. The molecule has 3 nitrogen and oxygen atoms in total. The van der Waals surface area contributed by atoms with Gasteiger partial charge in [-0.2, -0.15) is 0 Å². The Balaban J connectivity index is 3.16. The van der Waals surface area contributed by atoms with Gasteiger partial charge in [0.25, 0.3) is 5.91 Å². The molecule has 0 saturated carbocycles. The summed E-state index contributed by atoms with van der Waals surface area (Å²) in [6.45, 7) is 11.5. The highest BCUT2D eigenvalue weighted by atomic mass is 16.1. The molecular weight excluding hydrogens is 260 g/mol. The highest BCUT2D eigenvalue weighted by Gasteiger charge is 2.14. The summed E-state index contributed by atoms with van der Waals surface area (Å²) in [7, 11) is 0. The highest BCUT2D eigenvalue weighted by molar-refractivity contribution is 6.09. The van der Waals surface area contributed by atoms with Gasteiger partial charge in [-0.25, -0.2) is 0 Å². The normalized spacial score (nSPS) is 13.2. The van der Waals surface area contributed by atoms with E-state index in [0.29, 0.717) is 5.56 Å². The third kappa shape index (κ3) is 5.03. The molecule has 0 bridgehead atoms. The molecule has 0 heterocycles. The largest absolute Gasteiger partial charge is 0.350 e. The fourth-order valence-electron chi connectivity index (χ4n) is 1.85. The zero-order valence-corrected chi connectivity index (χ0v) is 13.3. The number of amides is 1. The molecule has 1 rings (SSSR count). The van der Waals surface area contributed by atoms with Crippen LogP contribution in [0.4, 0.5) is 0 Å². The van der Waals surface area contributed by atoms with E-state index in [2.05, 4.69) is 23.8 Å². The van der Waals surface area contributed by atoms with E-state index < -0.39 is 0 Å². The molecule has 0 unspecified atom stereocenters. The van der Waals surface area contributed by atoms with Gasteiger partial charge < -0.3 is 5.32 Å². The summed E-state index contributed by atoms with van der Waals surface area (Å²) in [5, 5.41) is 3.01. The van der Waals surface area contributed by atoms with E-state index in [1.165, 1.54) is 0 Å². The van der Waals surface area contributed by atoms with Crippen molar-refractivity contribution >= 4 is 11.6 Å². The van der Waals surface area contributed by atoms with Crippen molar-refractivity contribution in [3.05, 3.63) is 59.8 Å². The number of carbonyl (C=O) groups excluding carboxylic acids is 1. The van der Waals surface area contributed by atoms with Crippen LogP contribution in [-0.2, 0) is 0 Å². The quantitative estimate of drug-likeness (QED) is 0.622. The van der Waals surface area contributed by atoms with Crippen LogP contribution in [0, 0.1) is 6.92 Å². The first-order valence-electron chi connectivity index (χ1n) is 7.23. The summed E-state index contributed by atoms with van der Waals surface area (Å²) in [5.74, 6) is -0.0506. The van der Waals surface area contributed by atoms with Crippen LogP contribution in [0.2, 0.25) is 0 Å². The number of hydrogen-bond acceptors (Lipinski definition) is 2. The molecular formula is C18H24N2O. The van der Waals surface area contributed by atoms with Gasteiger partial charge >= 0.3 is 0 Å². The van der Waals surface area contributed by atoms with Crippen molar-refractivity contribution in [2.24, 2.45) is 4.99 Å². The second-order valence-electron chi connectivity index (χ2n) is 5.12. The van der Waals surface area contributed by atoms with E-state index in [-0.39, 0.29) is 11.9 Å². The third-order valence-electron chi connectivity index (χ3n) is 3.29. The predicted molar refractivity (Wildman–Crippen MR) is 89.9 cm³/mol. The topological polar surface area (TPSA) is 41.5 Å². The first-order chi connectivity index (χ1) is 9.99. The SMILES string of the molecule is C=C/C=C\N=C(C)c1ccc(C)cc1C(=O)N[C@@H](C)CC. The van der Waals surface area contributed by atoms with Crippen LogP contribution in [0.1, 0.15) is 48.7 Å². The lowest BCUT2D eigenvalue weighted by atomic mass is 10.00. The lowest BCUT2D eigenvalue weighted by molar-refractivity contribution is 0.0939. The van der Waals surface area contributed by atoms with Gasteiger partial charge in [0.15, 0.2) is 0 Å². The molecule has 1 aromatic rings. The summed E-state index contributed by atoms with van der Waals surface area (Å²) in [4.78, 5) is 16.8. The fourth-order valence-corrected chi connectivity index (χ4v) is 1.85. The molecule has 112 valence electrons. The van der Waals surface area contributed by atoms with Gasteiger partial charge in [-0.1, -0.05) is 37.3 Å². The van der Waals surface area contributed by atoms with Crippen molar-refractivity contribution in [2.45, 2.75) is 40.2 Å². The number of aliphatic imine (C=N–C) groups is 1. The minimum absolute atomic E-state index is 0.0506. The second-order valence-corrected chi connectivity index (χ2v) is 5.12. The van der Waals surface area contributed by atoms with Crippen LogP contribution in [0.5, 0.6) is 0 Å². The molecule has 21 heavy (non-hydrogen) atoms. The average Bonchev–Trinajstić information content (AvgIpc) is 2.47. The van der Waals surface area contributed by atoms with Crippen molar-refractivity contribution in [2.75, 3.05) is 0 Å². The number of benzene rings is 1. The Morgan fingerprint density at radius 1 is 1.43 bits per heavy atom. The maximum Gasteiger partial charge on any atom is 0.252 e. The van der Waals surface area contributed by atoms with Crippen LogP contribution < -0.4 is 5.32 Å². The zero-order valence-electron chi connectivity index (χ0n) is 13.3. The summed E-state index contributed by atoms with van der Waals surface area (Å²) < 4.78 is 0. The minimum atomic E-state index is -0.0506. The fraction of sp³-hybridized carbons (Fsp3) is 0.333. The van der Waals surface area contributed by atoms with E-state index >= 15 is 0 Å². The molecule has 3 heteroatoms. The van der Waals surface area contributed by atoms with Crippen LogP contribution in [0.3, 0.4) is 0 Å². The molecule has 0 spiro atoms. The van der Waals surface area contributed by atoms with Gasteiger partial charge in [0.1, 0.15) is 0 Å². The Hall–Kier alpha value is -2.16. The Bertz CT molecular complexity index is 571. The molecule has 1 atom stereocenters. The Morgan fingerprint density at radius 3 is 2.76 bits per heavy atom. The number of aryl methyl sites for hydroxylation is 1. The molecule has 0 saturated heterocycles. The van der Waals surface area contributed by atoms with Gasteiger partial charge in [-0.05, 0) is 39.3 Å². The molecule has 1 aromatic carbocycles. The Morgan fingerprint density at radius 2 is 2.14 bits per heavy atom. The zero-order chi connectivity index (χ0) is 15.8. The average molecular weight is 284 g/mol. The minimum Gasteiger partial charge on any atom is -0.350 e. The molecule has 0 radical (unpaired) electrons. The lowest BCUT2D eigenvalue weighted by Gasteiger charge is -2.14. The van der Waals surface area contributed by atoms with Gasteiger partial charge in [0, 0.05) is 29.1 Å². The van der Waals surface area contributed by atoms with Crippen molar-refractivity contribution in [3.63, 3.8) is 0 Å². The maximum atomic E-state index is 12.4. The maximum absolute atomic E-state index is 12.4. The van der Waals surface area contributed by atoms with Crippen molar-refractivity contribution in [3.8, 4) is 0 Å². The number of nitrogens with zero attached hydrogens (tertiary/aromatic N) is 1. The summed E-state index contributed by atoms with van der Waals surface area (Å²) in [5.41, 5.74) is 3.39. The lowest BCUT2D eigenvalue weighted by Crippen LogP contribution is -2.33. The smallest absolute Gasteiger partial charge is 0.252 e. The Kier molecular flexibility index (Phi) is 6.60. The van der Waals surface area contributed by atoms with E-state index in [1.807, 2.05) is 39.0 Å². The molecule has 0 aromatic heterocycles. The monoisotopic (exact) mass is 284 g/mol. The van der Waals surface area contributed by atoms with E-state index in [4.69, 9.17) is 0 Å². The molecule has 1 amide bonds. The van der Waals surface area contributed by atoms with Gasteiger partial charge in [-0.15, -0.1) is 0 Å². The highest BCUT2D eigenvalue weighted by Crippen LogP contribution is 2.14. The van der Waals surface area contributed by atoms with E-state index in [9.17, 15) is 4.79 Å².